The summed E-state index contributed by atoms with van der Waals surface area (Å²) in [6, 6.07) is 10.4. The molecule has 2 aliphatic rings. The van der Waals surface area contributed by atoms with Gasteiger partial charge < -0.3 is 9.88 Å². The van der Waals surface area contributed by atoms with E-state index in [2.05, 4.69) is 5.32 Å². The van der Waals surface area contributed by atoms with E-state index in [1.807, 2.05) is 29.0 Å². The summed E-state index contributed by atoms with van der Waals surface area (Å²) < 4.78 is 1.85. The number of anilines is 1. The molecule has 1 aromatic heterocycles. The van der Waals surface area contributed by atoms with E-state index in [1.54, 1.807) is 23.1 Å². The number of hydrogen-bond acceptors (Lipinski definition) is 2. The SMILES string of the molecule is O=C(NC1CCCC1)[C@H]1c2cccn2CC(=O)N1c1cccc(Cl)c1. The maximum Gasteiger partial charge on any atom is 0.249 e. The lowest BCUT2D eigenvalue weighted by molar-refractivity contribution is -0.128. The number of nitrogens with zero attached hydrogens (tertiary/aromatic N) is 2. The number of rotatable bonds is 3. The Bertz CT molecular complexity index is 811. The van der Waals surface area contributed by atoms with Crippen molar-refractivity contribution in [2.75, 3.05) is 4.90 Å². The first-order valence-corrected chi connectivity index (χ1v) is 9.04. The van der Waals surface area contributed by atoms with Crippen molar-refractivity contribution in [3.63, 3.8) is 0 Å². The number of carbonyl (C=O) groups is 2. The number of benzene rings is 1. The summed E-state index contributed by atoms with van der Waals surface area (Å²) in [5.41, 5.74) is 1.48. The van der Waals surface area contributed by atoms with Crippen LogP contribution < -0.4 is 10.2 Å². The molecule has 2 aromatic rings. The van der Waals surface area contributed by atoms with Crippen LogP contribution in [0.2, 0.25) is 5.02 Å². The van der Waals surface area contributed by atoms with Gasteiger partial charge >= 0.3 is 0 Å². The van der Waals surface area contributed by atoms with E-state index in [1.165, 1.54) is 0 Å². The molecule has 5 nitrogen and oxygen atoms in total. The molecule has 2 heterocycles. The fourth-order valence-electron chi connectivity index (χ4n) is 3.84. The molecule has 1 aliphatic carbocycles. The quantitative estimate of drug-likeness (QED) is 0.916. The van der Waals surface area contributed by atoms with E-state index in [4.69, 9.17) is 11.6 Å². The zero-order chi connectivity index (χ0) is 17.4. The molecule has 0 spiro atoms. The van der Waals surface area contributed by atoms with Crippen LogP contribution in [-0.2, 0) is 16.1 Å². The summed E-state index contributed by atoms with van der Waals surface area (Å²) >= 11 is 6.11. The fraction of sp³-hybridized carbons (Fsp3) is 0.368. The third kappa shape index (κ3) is 3.04. The van der Waals surface area contributed by atoms with Gasteiger partial charge in [-0.05, 0) is 43.2 Å². The molecule has 25 heavy (non-hydrogen) atoms. The van der Waals surface area contributed by atoms with Crippen LogP contribution in [0.5, 0.6) is 0 Å². The summed E-state index contributed by atoms with van der Waals surface area (Å²) in [5.74, 6) is -0.239. The molecule has 1 saturated carbocycles. The zero-order valence-electron chi connectivity index (χ0n) is 13.8. The Morgan fingerprint density at radius 2 is 1.96 bits per heavy atom. The van der Waals surface area contributed by atoms with Crippen molar-refractivity contribution >= 4 is 29.1 Å². The highest BCUT2D eigenvalue weighted by Crippen LogP contribution is 2.33. The lowest BCUT2D eigenvalue weighted by Gasteiger charge is -2.36. The molecule has 0 bridgehead atoms. The van der Waals surface area contributed by atoms with Gasteiger partial charge in [-0.3, -0.25) is 14.5 Å². The lowest BCUT2D eigenvalue weighted by atomic mass is 10.1. The maximum absolute atomic E-state index is 13.1. The van der Waals surface area contributed by atoms with Crippen molar-refractivity contribution in [1.29, 1.82) is 0 Å². The van der Waals surface area contributed by atoms with Crippen molar-refractivity contribution in [2.24, 2.45) is 0 Å². The van der Waals surface area contributed by atoms with Gasteiger partial charge in [0.05, 0.1) is 5.69 Å². The van der Waals surface area contributed by atoms with E-state index in [9.17, 15) is 9.59 Å². The van der Waals surface area contributed by atoms with Gasteiger partial charge in [0.1, 0.15) is 6.54 Å². The average molecular weight is 358 g/mol. The summed E-state index contributed by atoms with van der Waals surface area (Å²) in [6.07, 6.45) is 6.14. The smallest absolute Gasteiger partial charge is 0.249 e. The Labute approximate surface area is 151 Å². The minimum atomic E-state index is -0.671. The van der Waals surface area contributed by atoms with Gasteiger partial charge in [-0.2, -0.15) is 0 Å². The highest BCUT2D eigenvalue weighted by molar-refractivity contribution is 6.31. The van der Waals surface area contributed by atoms with E-state index >= 15 is 0 Å². The molecular weight excluding hydrogens is 338 g/mol. The van der Waals surface area contributed by atoms with E-state index in [0.717, 1.165) is 31.4 Å². The van der Waals surface area contributed by atoms with Crippen molar-refractivity contribution in [2.45, 2.75) is 44.3 Å². The number of aromatic nitrogens is 1. The zero-order valence-corrected chi connectivity index (χ0v) is 14.6. The van der Waals surface area contributed by atoms with E-state index < -0.39 is 6.04 Å². The van der Waals surface area contributed by atoms with Gasteiger partial charge in [0.25, 0.3) is 0 Å². The molecule has 1 fully saturated rings. The largest absolute Gasteiger partial charge is 0.351 e. The highest BCUT2D eigenvalue weighted by Gasteiger charge is 2.39. The van der Waals surface area contributed by atoms with Crippen LogP contribution in [-0.4, -0.2) is 22.4 Å². The molecule has 4 rings (SSSR count). The summed E-state index contributed by atoms with van der Waals surface area (Å²) in [7, 11) is 0. The number of nitrogens with one attached hydrogen (secondary N) is 1. The Morgan fingerprint density at radius 3 is 2.72 bits per heavy atom. The molecule has 1 aromatic carbocycles. The van der Waals surface area contributed by atoms with Gasteiger partial charge in [0, 0.05) is 22.9 Å². The number of halogens is 1. The summed E-state index contributed by atoms with van der Waals surface area (Å²) in [4.78, 5) is 27.5. The van der Waals surface area contributed by atoms with Crippen LogP contribution in [0, 0.1) is 0 Å². The standard InChI is InChI=1S/C19H20ClN3O2/c20-13-5-3-8-15(11-13)23-17(24)12-22-10-4-9-16(22)18(23)19(25)21-14-6-1-2-7-14/h3-5,8-11,14,18H,1-2,6-7,12H2,(H,21,25)/t18-/m1/s1. The second-order valence-electron chi connectivity index (χ2n) is 6.70. The third-order valence-corrected chi connectivity index (χ3v) is 5.25. The predicted molar refractivity (Wildman–Crippen MR) is 96.5 cm³/mol. The lowest BCUT2D eigenvalue weighted by Crippen LogP contribution is -2.50. The first kappa shape index (κ1) is 16.2. The number of fused-ring (bicyclic) bond motifs is 1. The van der Waals surface area contributed by atoms with Crippen LogP contribution in [0.1, 0.15) is 37.4 Å². The second kappa shape index (κ2) is 6.56. The summed E-state index contributed by atoms with van der Waals surface area (Å²) in [6.45, 7) is 0.224. The number of carbonyl (C=O) groups excluding carboxylic acids is 2. The molecule has 0 unspecified atom stereocenters. The highest BCUT2D eigenvalue weighted by atomic mass is 35.5. The first-order chi connectivity index (χ1) is 12.1. The fourth-order valence-corrected chi connectivity index (χ4v) is 4.02. The normalized spacial score (nSPS) is 20.6. The topological polar surface area (TPSA) is 54.3 Å². The maximum atomic E-state index is 13.1. The molecule has 2 amide bonds. The van der Waals surface area contributed by atoms with Gasteiger partial charge in [-0.1, -0.05) is 30.5 Å². The molecule has 1 N–H and O–H groups in total. The van der Waals surface area contributed by atoms with Gasteiger partial charge in [-0.15, -0.1) is 0 Å². The van der Waals surface area contributed by atoms with Crippen molar-refractivity contribution in [3.05, 3.63) is 53.3 Å². The molecular formula is C19H20ClN3O2. The molecule has 1 atom stereocenters. The molecule has 0 saturated heterocycles. The Kier molecular flexibility index (Phi) is 4.25. The van der Waals surface area contributed by atoms with Crippen LogP contribution in [0.4, 0.5) is 5.69 Å². The van der Waals surface area contributed by atoms with Gasteiger partial charge in [0.2, 0.25) is 11.8 Å². The van der Waals surface area contributed by atoms with Crippen LogP contribution in [0.15, 0.2) is 42.6 Å². The first-order valence-electron chi connectivity index (χ1n) is 8.66. The van der Waals surface area contributed by atoms with Gasteiger partial charge in [-0.25, -0.2) is 0 Å². The predicted octanol–water partition coefficient (Wildman–Crippen LogP) is 3.29. The molecule has 130 valence electrons. The Balaban J connectivity index is 1.72. The average Bonchev–Trinajstić information content (AvgIpc) is 3.24. The number of hydrogen-bond donors (Lipinski definition) is 1. The second-order valence-corrected chi connectivity index (χ2v) is 7.13. The van der Waals surface area contributed by atoms with E-state index in [-0.39, 0.29) is 24.4 Å². The van der Waals surface area contributed by atoms with Crippen LogP contribution >= 0.6 is 11.6 Å². The molecule has 6 heteroatoms. The molecule has 1 aliphatic heterocycles. The van der Waals surface area contributed by atoms with Crippen LogP contribution in [0.3, 0.4) is 0 Å². The van der Waals surface area contributed by atoms with Crippen LogP contribution in [0.25, 0.3) is 0 Å². The van der Waals surface area contributed by atoms with E-state index in [0.29, 0.717) is 10.7 Å². The number of amides is 2. The van der Waals surface area contributed by atoms with Gasteiger partial charge in [0.15, 0.2) is 6.04 Å². The van der Waals surface area contributed by atoms with Crippen molar-refractivity contribution in [3.8, 4) is 0 Å². The van der Waals surface area contributed by atoms with Crippen molar-refractivity contribution in [1.82, 2.24) is 9.88 Å². The minimum Gasteiger partial charge on any atom is -0.351 e. The third-order valence-electron chi connectivity index (χ3n) is 5.01. The monoisotopic (exact) mass is 357 g/mol. The minimum absolute atomic E-state index is 0.113. The van der Waals surface area contributed by atoms with Crippen molar-refractivity contribution < 1.29 is 9.59 Å². The summed E-state index contributed by atoms with van der Waals surface area (Å²) in [5, 5.41) is 3.68. The Hall–Kier alpha value is -2.27. The molecule has 0 radical (unpaired) electrons. The Morgan fingerprint density at radius 1 is 1.16 bits per heavy atom.